The van der Waals surface area contributed by atoms with E-state index >= 15 is 0 Å². The monoisotopic (exact) mass is 334 g/mol. The van der Waals surface area contributed by atoms with Gasteiger partial charge in [-0.15, -0.1) is 0 Å². The second-order valence-electron chi connectivity index (χ2n) is 4.52. The summed E-state index contributed by atoms with van der Waals surface area (Å²) < 4.78 is 32.3. The number of halogens is 1. The van der Waals surface area contributed by atoms with E-state index in [-0.39, 0.29) is 4.99 Å². The molecular weight excluding hydrogens is 320 g/mol. The molecule has 0 aliphatic carbocycles. The van der Waals surface area contributed by atoms with Gasteiger partial charge in [-0.25, -0.2) is 8.42 Å². The number of nitrogens with two attached hydrogens (primary N) is 1. The molecule has 0 saturated carbocycles. The average molecular weight is 335 g/mol. The van der Waals surface area contributed by atoms with Crippen molar-refractivity contribution in [2.45, 2.75) is 18.1 Å². The van der Waals surface area contributed by atoms with Crippen LogP contribution in [0.2, 0.25) is 5.02 Å². The predicted molar refractivity (Wildman–Crippen MR) is 83.7 cm³/mol. The zero-order chi connectivity index (χ0) is 14.8. The molecule has 1 aliphatic heterocycles. The van der Waals surface area contributed by atoms with Gasteiger partial charge in [-0.3, -0.25) is 4.72 Å². The molecule has 0 bridgehead atoms. The van der Waals surface area contributed by atoms with Crippen LogP contribution in [-0.2, 0) is 14.8 Å². The minimum atomic E-state index is -3.50. The minimum Gasteiger partial charge on any atom is -0.389 e. The molecule has 0 amide bonds. The molecule has 0 unspecified atom stereocenters. The third-order valence-corrected chi connectivity index (χ3v) is 5.53. The SMILES string of the molecule is NC(=S)c1ccc(Cl)c(NS(=O)(=O)C2CCOCC2)c1. The number of thiocarbonyl (C=S) groups is 1. The Bertz CT molecular complexity index is 613. The second kappa shape index (κ2) is 6.26. The molecule has 0 atom stereocenters. The van der Waals surface area contributed by atoms with Gasteiger partial charge in [0.25, 0.3) is 0 Å². The number of anilines is 1. The lowest BCUT2D eigenvalue weighted by molar-refractivity contribution is 0.0984. The zero-order valence-electron chi connectivity index (χ0n) is 10.6. The molecule has 1 aliphatic rings. The molecule has 2 rings (SSSR count). The van der Waals surface area contributed by atoms with E-state index in [0.717, 1.165) is 0 Å². The number of ether oxygens (including phenoxy) is 1. The first kappa shape index (κ1) is 15.5. The Morgan fingerprint density at radius 1 is 1.40 bits per heavy atom. The van der Waals surface area contributed by atoms with Crippen LogP contribution in [0, 0.1) is 0 Å². The van der Waals surface area contributed by atoms with Crippen molar-refractivity contribution in [3.63, 3.8) is 0 Å². The Labute approximate surface area is 128 Å². The highest BCUT2D eigenvalue weighted by atomic mass is 35.5. The van der Waals surface area contributed by atoms with E-state index in [1.807, 2.05) is 0 Å². The van der Waals surface area contributed by atoms with Gasteiger partial charge in [0, 0.05) is 18.8 Å². The molecule has 1 saturated heterocycles. The molecule has 0 spiro atoms. The van der Waals surface area contributed by atoms with Gasteiger partial charge in [0.15, 0.2) is 0 Å². The summed E-state index contributed by atoms with van der Waals surface area (Å²) in [7, 11) is -3.50. The maximum atomic E-state index is 12.3. The smallest absolute Gasteiger partial charge is 0.235 e. The molecule has 1 aromatic rings. The quantitative estimate of drug-likeness (QED) is 0.822. The fraction of sp³-hybridized carbons (Fsp3) is 0.417. The summed E-state index contributed by atoms with van der Waals surface area (Å²) in [5.41, 5.74) is 6.39. The van der Waals surface area contributed by atoms with Crippen LogP contribution in [0.5, 0.6) is 0 Å². The van der Waals surface area contributed by atoms with Gasteiger partial charge in [-0.2, -0.15) is 0 Å². The Morgan fingerprint density at radius 3 is 2.65 bits per heavy atom. The van der Waals surface area contributed by atoms with E-state index in [0.29, 0.717) is 42.3 Å². The van der Waals surface area contributed by atoms with Gasteiger partial charge in [0.05, 0.1) is 16.0 Å². The van der Waals surface area contributed by atoms with Crippen LogP contribution in [0.4, 0.5) is 5.69 Å². The highest BCUT2D eigenvalue weighted by Gasteiger charge is 2.28. The van der Waals surface area contributed by atoms with Crippen molar-refractivity contribution in [3.8, 4) is 0 Å². The molecule has 20 heavy (non-hydrogen) atoms. The van der Waals surface area contributed by atoms with Gasteiger partial charge in [0.2, 0.25) is 10.0 Å². The van der Waals surface area contributed by atoms with Crippen LogP contribution >= 0.6 is 23.8 Å². The lowest BCUT2D eigenvalue weighted by Crippen LogP contribution is -2.33. The topological polar surface area (TPSA) is 81.4 Å². The maximum Gasteiger partial charge on any atom is 0.235 e. The van der Waals surface area contributed by atoms with Crippen molar-refractivity contribution in [1.29, 1.82) is 0 Å². The lowest BCUT2D eigenvalue weighted by atomic mass is 10.2. The molecule has 1 fully saturated rings. The van der Waals surface area contributed by atoms with Crippen LogP contribution in [-0.4, -0.2) is 31.9 Å². The molecule has 3 N–H and O–H groups in total. The fourth-order valence-corrected chi connectivity index (χ4v) is 3.78. The Balaban J connectivity index is 2.24. The molecular formula is C12H15ClN2O3S2. The Hall–Kier alpha value is -0.890. The highest BCUT2D eigenvalue weighted by Crippen LogP contribution is 2.26. The van der Waals surface area contributed by atoms with Crippen LogP contribution in [0.1, 0.15) is 18.4 Å². The fourth-order valence-electron chi connectivity index (χ4n) is 1.98. The molecule has 5 nitrogen and oxygen atoms in total. The van der Waals surface area contributed by atoms with Crippen molar-refractivity contribution < 1.29 is 13.2 Å². The minimum absolute atomic E-state index is 0.188. The summed E-state index contributed by atoms with van der Waals surface area (Å²) in [6, 6.07) is 4.76. The van der Waals surface area contributed by atoms with E-state index in [4.69, 9.17) is 34.3 Å². The first-order valence-electron chi connectivity index (χ1n) is 6.09. The standard InChI is InChI=1S/C12H15ClN2O3S2/c13-10-2-1-8(12(14)19)7-11(10)15-20(16,17)9-3-5-18-6-4-9/h1-2,7,9,15H,3-6H2,(H2,14,19). The summed E-state index contributed by atoms with van der Waals surface area (Å²) >= 11 is 10.9. The molecule has 0 radical (unpaired) electrons. The predicted octanol–water partition coefficient (Wildman–Crippen LogP) is 1.89. The van der Waals surface area contributed by atoms with Crippen molar-refractivity contribution >= 4 is 44.5 Å². The van der Waals surface area contributed by atoms with Gasteiger partial charge in [0.1, 0.15) is 4.99 Å². The number of rotatable bonds is 4. The third-order valence-electron chi connectivity index (χ3n) is 3.11. The highest BCUT2D eigenvalue weighted by molar-refractivity contribution is 7.93. The first-order chi connectivity index (χ1) is 9.40. The van der Waals surface area contributed by atoms with Crippen LogP contribution in [0.3, 0.4) is 0 Å². The average Bonchev–Trinajstić information content (AvgIpc) is 2.42. The Morgan fingerprint density at radius 2 is 2.05 bits per heavy atom. The molecule has 1 aromatic carbocycles. The molecule has 0 aromatic heterocycles. The first-order valence-corrected chi connectivity index (χ1v) is 8.42. The van der Waals surface area contributed by atoms with Gasteiger partial charge in [-0.05, 0) is 25.0 Å². The largest absolute Gasteiger partial charge is 0.389 e. The van der Waals surface area contributed by atoms with Crippen molar-refractivity contribution in [2.24, 2.45) is 5.73 Å². The summed E-state index contributed by atoms with van der Waals surface area (Å²) in [6.07, 6.45) is 0.948. The number of hydrogen-bond acceptors (Lipinski definition) is 4. The normalized spacial score (nSPS) is 16.9. The number of hydrogen-bond donors (Lipinski definition) is 2. The number of sulfonamides is 1. The van der Waals surface area contributed by atoms with E-state index in [1.165, 1.54) is 0 Å². The van der Waals surface area contributed by atoms with Crippen molar-refractivity contribution in [3.05, 3.63) is 28.8 Å². The molecule has 1 heterocycles. The lowest BCUT2D eigenvalue weighted by Gasteiger charge is -2.23. The van der Waals surface area contributed by atoms with Gasteiger partial charge < -0.3 is 10.5 Å². The van der Waals surface area contributed by atoms with E-state index < -0.39 is 15.3 Å². The summed E-state index contributed by atoms with van der Waals surface area (Å²) in [5, 5.41) is -0.165. The van der Waals surface area contributed by atoms with Gasteiger partial charge >= 0.3 is 0 Å². The van der Waals surface area contributed by atoms with Crippen molar-refractivity contribution in [2.75, 3.05) is 17.9 Å². The maximum absolute atomic E-state index is 12.3. The summed E-state index contributed by atoms with van der Waals surface area (Å²) in [4.78, 5) is 0.188. The summed E-state index contributed by atoms with van der Waals surface area (Å²) in [6.45, 7) is 0.901. The second-order valence-corrected chi connectivity index (χ2v) is 7.33. The summed E-state index contributed by atoms with van der Waals surface area (Å²) in [5.74, 6) is 0. The van der Waals surface area contributed by atoms with Crippen molar-refractivity contribution in [1.82, 2.24) is 0 Å². The number of nitrogens with one attached hydrogen (secondary N) is 1. The number of benzene rings is 1. The van der Waals surface area contributed by atoms with Crippen LogP contribution in [0.25, 0.3) is 0 Å². The van der Waals surface area contributed by atoms with E-state index in [2.05, 4.69) is 4.72 Å². The van der Waals surface area contributed by atoms with Crippen LogP contribution < -0.4 is 10.5 Å². The van der Waals surface area contributed by atoms with E-state index in [1.54, 1.807) is 18.2 Å². The molecule has 110 valence electrons. The van der Waals surface area contributed by atoms with E-state index in [9.17, 15) is 8.42 Å². The third kappa shape index (κ3) is 3.60. The van der Waals surface area contributed by atoms with Gasteiger partial charge in [-0.1, -0.05) is 29.9 Å². The molecule has 8 heteroatoms. The van der Waals surface area contributed by atoms with Crippen LogP contribution in [0.15, 0.2) is 18.2 Å². The Kier molecular flexibility index (Phi) is 4.85. The zero-order valence-corrected chi connectivity index (χ0v) is 13.0.